The van der Waals surface area contributed by atoms with Crippen molar-refractivity contribution in [1.29, 1.82) is 0 Å². The highest BCUT2D eigenvalue weighted by atomic mass is 16.6. The van der Waals surface area contributed by atoms with Crippen molar-refractivity contribution in [2.45, 2.75) is 51.5 Å². The summed E-state index contributed by atoms with van der Waals surface area (Å²) in [7, 11) is 0. The van der Waals surface area contributed by atoms with Crippen molar-refractivity contribution >= 4 is 5.69 Å². The molecule has 1 aliphatic carbocycles. The van der Waals surface area contributed by atoms with Crippen molar-refractivity contribution < 1.29 is 14.8 Å². The molecule has 0 aromatic heterocycles. The van der Waals surface area contributed by atoms with E-state index in [4.69, 9.17) is 4.74 Å². The number of ether oxygens (including phenoxy) is 1. The Kier molecular flexibility index (Phi) is 4.57. The molecule has 2 N–H and O–H groups in total. The van der Waals surface area contributed by atoms with E-state index in [1.807, 2.05) is 0 Å². The minimum atomic E-state index is -0.602. The maximum atomic E-state index is 10.8. The van der Waals surface area contributed by atoms with Crippen LogP contribution in [0.1, 0.15) is 32.3 Å². The molecule has 0 amide bonds. The van der Waals surface area contributed by atoms with Gasteiger partial charge in [0.25, 0.3) is 5.69 Å². The van der Waals surface area contributed by atoms with Crippen LogP contribution in [0.4, 0.5) is 5.69 Å². The first-order chi connectivity index (χ1) is 9.47. The maximum absolute atomic E-state index is 10.8. The van der Waals surface area contributed by atoms with Gasteiger partial charge in [0.05, 0.1) is 11.0 Å². The molecule has 1 aliphatic rings. The average Bonchev–Trinajstić information content (AvgIpc) is 3.21. The van der Waals surface area contributed by atoms with Crippen LogP contribution in [-0.2, 0) is 6.54 Å². The van der Waals surface area contributed by atoms with Gasteiger partial charge in [-0.2, -0.15) is 0 Å². The van der Waals surface area contributed by atoms with Crippen LogP contribution < -0.4 is 10.1 Å². The quantitative estimate of drug-likeness (QED) is 0.589. The lowest BCUT2D eigenvalue weighted by atomic mass is 10.1. The SMILES string of the molecule is CC(O)C(C)Oc1ccc([N+](=O)[O-])cc1CNC1CC1. The summed E-state index contributed by atoms with van der Waals surface area (Å²) in [5.41, 5.74) is 0.799. The topological polar surface area (TPSA) is 84.6 Å². The van der Waals surface area contributed by atoms with E-state index in [1.54, 1.807) is 19.9 Å². The van der Waals surface area contributed by atoms with E-state index in [0.717, 1.165) is 18.4 Å². The Bertz CT molecular complexity index is 486. The van der Waals surface area contributed by atoms with Gasteiger partial charge in [-0.05, 0) is 32.8 Å². The van der Waals surface area contributed by atoms with E-state index in [0.29, 0.717) is 18.3 Å². The van der Waals surface area contributed by atoms with Crippen molar-refractivity contribution in [2.24, 2.45) is 0 Å². The fourth-order valence-corrected chi connectivity index (χ4v) is 1.77. The van der Waals surface area contributed by atoms with E-state index < -0.39 is 11.0 Å². The predicted molar refractivity (Wildman–Crippen MR) is 74.7 cm³/mol. The summed E-state index contributed by atoms with van der Waals surface area (Å²) in [5, 5.41) is 23.7. The van der Waals surface area contributed by atoms with Crippen LogP contribution in [-0.4, -0.2) is 28.3 Å². The summed E-state index contributed by atoms with van der Waals surface area (Å²) in [4.78, 5) is 10.4. The molecule has 2 unspecified atom stereocenters. The predicted octanol–water partition coefficient (Wildman–Crippen LogP) is 1.99. The normalized spacial score (nSPS) is 17.6. The molecule has 6 nitrogen and oxygen atoms in total. The number of hydrogen-bond donors (Lipinski definition) is 2. The first kappa shape index (κ1) is 14.7. The van der Waals surface area contributed by atoms with Crippen LogP contribution in [0, 0.1) is 10.1 Å². The largest absolute Gasteiger partial charge is 0.488 e. The smallest absolute Gasteiger partial charge is 0.270 e. The molecular formula is C14H20N2O4. The van der Waals surface area contributed by atoms with Gasteiger partial charge in [0.1, 0.15) is 11.9 Å². The second-order valence-corrected chi connectivity index (χ2v) is 5.27. The van der Waals surface area contributed by atoms with Gasteiger partial charge in [-0.3, -0.25) is 10.1 Å². The second-order valence-electron chi connectivity index (χ2n) is 5.27. The number of nitrogens with one attached hydrogen (secondary N) is 1. The number of aliphatic hydroxyl groups excluding tert-OH is 1. The zero-order chi connectivity index (χ0) is 14.7. The Morgan fingerprint density at radius 2 is 2.20 bits per heavy atom. The molecule has 0 aliphatic heterocycles. The number of nitrogens with zero attached hydrogens (tertiary/aromatic N) is 1. The van der Waals surface area contributed by atoms with Crippen LogP contribution in [0.2, 0.25) is 0 Å². The minimum absolute atomic E-state index is 0.0506. The van der Waals surface area contributed by atoms with Crippen molar-refractivity contribution in [1.82, 2.24) is 5.32 Å². The van der Waals surface area contributed by atoms with Gasteiger partial charge in [-0.25, -0.2) is 0 Å². The third-order valence-corrected chi connectivity index (χ3v) is 3.41. The van der Waals surface area contributed by atoms with E-state index in [2.05, 4.69) is 5.32 Å². The number of hydrogen-bond acceptors (Lipinski definition) is 5. The summed E-state index contributed by atoms with van der Waals surface area (Å²) in [6.45, 7) is 3.95. The number of benzene rings is 1. The Morgan fingerprint density at radius 3 is 2.75 bits per heavy atom. The molecule has 2 rings (SSSR count). The molecule has 0 heterocycles. The zero-order valence-electron chi connectivity index (χ0n) is 11.7. The third-order valence-electron chi connectivity index (χ3n) is 3.41. The zero-order valence-corrected chi connectivity index (χ0v) is 11.7. The van der Waals surface area contributed by atoms with Gasteiger partial charge in [0.2, 0.25) is 0 Å². The average molecular weight is 280 g/mol. The van der Waals surface area contributed by atoms with Gasteiger partial charge >= 0.3 is 0 Å². The number of non-ortho nitro benzene ring substituents is 1. The third kappa shape index (κ3) is 3.91. The molecule has 1 saturated carbocycles. The molecule has 6 heteroatoms. The van der Waals surface area contributed by atoms with Gasteiger partial charge in [0.15, 0.2) is 0 Å². The van der Waals surface area contributed by atoms with Crippen LogP contribution in [0.5, 0.6) is 5.75 Å². The van der Waals surface area contributed by atoms with Gasteiger partial charge in [-0.1, -0.05) is 0 Å². The maximum Gasteiger partial charge on any atom is 0.270 e. The second kappa shape index (κ2) is 6.19. The number of nitro groups is 1. The summed E-state index contributed by atoms with van der Waals surface area (Å²) in [6, 6.07) is 5.06. The summed E-state index contributed by atoms with van der Waals surface area (Å²) in [5.74, 6) is 0.581. The van der Waals surface area contributed by atoms with E-state index >= 15 is 0 Å². The molecule has 0 radical (unpaired) electrons. The fourth-order valence-electron chi connectivity index (χ4n) is 1.77. The summed E-state index contributed by atoms with van der Waals surface area (Å²) in [6.07, 6.45) is 1.33. The Hall–Kier alpha value is -1.66. The molecule has 1 aromatic carbocycles. The van der Waals surface area contributed by atoms with Crippen molar-refractivity contribution in [3.8, 4) is 5.75 Å². The number of aliphatic hydroxyl groups is 1. The first-order valence-electron chi connectivity index (χ1n) is 6.83. The monoisotopic (exact) mass is 280 g/mol. The molecule has 0 spiro atoms. The van der Waals surface area contributed by atoms with Crippen molar-refractivity contribution in [3.05, 3.63) is 33.9 Å². The lowest BCUT2D eigenvalue weighted by Crippen LogP contribution is -2.26. The van der Waals surface area contributed by atoms with Crippen LogP contribution in [0.15, 0.2) is 18.2 Å². The number of rotatable bonds is 7. The Morgan fingerprint density at radius 1 is 1.50 bits per heavy atom. The standard InChI is InChI=1S/C14H20N2O4/c1-9(17)10(2)20-14-6-5-13(16(18)19)7-11(14)8-15-12-3-4-12/h5-7,9-10,12,15,17H,3-4,8H2,1-2H3. The van der Waals surface area contributed by atoms with E-state index in [9.17, 15) is 15.2 Å². The van der Waals surface area contributed by atoms with E-state index in [1.165, 1.54) is 12.1 Å². The molecule has 110 valence electrons. The van der Waals surface area contributed by atoms with Gasteiger partial charge in [0, 0.05) is 30.3 Å². The summed E-state index contributed by atoms with van der Waals surface area (Å²) >= 11 is 0. The molecule has 1 aromatic rings. The van der Waals surface area contributed by atoms with Crippen LogP contribution in [0.3, 0.4) is 0 Å². The van der Waals surface area contributed by atoms with Gasteiger partial charge in [-0.15, -0.1) is 0 Å². The molecule has 0 bridgehead atoms. The van der Waals surface area contributed by atoms with E-state index in [-0.39, 0.29) is 11.8 Å². The fraction of sp³-hybridized carbons (Fsp3) is 0.571. The highest BCUT2D eigenvalue weighted by Gasteiger charge is 2.22. The molecular weight excluding hydrogens is 260 g/mol. The molecule has 20 heavy (non-hydrogen) atoms. The lowest BCUT2D eigenvalue weighted by molar-refractivity contribution is -0.384. The van der Waals surface area contributed by atoms with Gasteiger partial charge < -0.3 is 15.2 Å². The first-order valence-corrected chi connectivity index (χ1v) is 6.83. The van der Waals surface area contributed by atoms with Crippen LogP contribution in [0.25, 0.3) is 0 Å². The van der Waals surface area contributed by atoms with Crippen LogP contribution >= 0.6 is 0 Å². The van der Waals surface area contributed by atoms with Crippen molar-refractivity contribution in [3.63, 3.8) is 0 Å². The lowest BCUT2D eigenvalue weighted by Gasteiger charge is -2.19. The number of nitro benzene ring substituents is 1. The highest BCUT2D eigenvalue weighted by Crippen LogP contribution is 2.27. The highest BCUT2D eigenvalue weighted by molar-refractivity contribution is 5.44. The molecule has 1 fully saturated rings. The summed E-state index contributed by atoms with van der Waals surface area (Å²) < 4.78 is 5.68. The Balaban J connectivity index is 2.16. The minimum Gasteiger partial charge on any atom is -0.488 e. The molecule has 0 saturated heterocycles. The van der Waals surface area contributed by atoms with Crippen molar-refractivity contribution in [2.75, 3.05) is 0 Å². The molecule has 2 atom stereocenters. The Labute approximate surface area is 117 Å².